The molecule has 27 heavy (non-hydrogen) atoms. The molecule has 3 heteroatoms. The van der Waals surface area contributed by atoms with Gasteiger partial charge in [0.15, 0.2) is 0 Å². The Morgan fingerprint density at radius 3 is 1.96 bits per heavy atom. The summed E-state index contributed by atoms with van der Waals surface area (Å²) >= 11 is 0. The molecule has 3 rings (SSSR count). The Morgan fingerprint density at radius 1 is 0.852 bits per heavy atom. The van der Waals surface area contributed by atoms with Gasteiger partial charge >= 0.3 is 0 Å². The molecule has 1 saturated carbocycles. The number of amides is 1. The van der Waals surface area contributed by atoms with Gasteiger partial charge in [0.25, 0.3) is 0 Å². The fourth-order valence-corrected chi connectivity index (χ4v) is 3.42. The van der Waals surface area contributed by atoms with Gasteiger partial charge in [0.1, 0.15) is 6.04 Å². The lowest BCUT2D eigenvalue weighted by molar-refractivity contribution is -0.123. The number of benzene rings is 2. The van der Waals surface area contributed by atoms with Crippen LogP contribution in [0.3, 0.4) is 0 Å². The zero-order chi connectivity index (χ0) is 19.4. The first-order chi connectivity index (χ1) is 13.0. The second kappa shape index (κ2) is 8.71. The lowest BCUT2D eigenvalue weighted by Gasteiger charge is -2.29. The van der Waals surface area contributed by atoms with Crippen LogP contribution in [-0.4, -0.2) is 11.9 Å². The molecule has 0 bridgehead atoms. The van der Waals surface area contributed by atoms with Crippen LogP contribution in [0.4, 0.5) is 0 Å². The SMILES string of the molecule is CC(C)c1ccc([C@H](N[C@H](C(=O)NC2CC2)c2ccccc2)C(C)C)cc1. The van der Waals surface area contributed by atoms with Gasteiger partial charge in [0.05, 0.1) is 0 Å². The predicted octanol–water partition coefficient (Wildman–Crippen LogP) is 5.12. The van der Waals surface area contributed by atoms with Gasteiger partial charge in [0.2, 0.25) is 5.91 Å². The predicted molar refractivity (Wildman–Crippen MR) is 112 cm³/mol. The Labute approximate surface area is 163 Å². The Hall–Kier alpha value is -2.13. The summed E-state index contributed by atoms with van der Waals surface area (Å²) in [5, 5.41) is 6.83. The van der Waals surface area contributed by atoms with Crippen molar-refractivity contribution in [2.24, 2.45) is 5.92 Å². The summed E-state index contributed by atoms with van der Waals surface area (Å²) < 4.78 is 0. The molecule has 1 fully saturated rings. The molecule has 2 aromatic rings. The van der Waals surface area contributed by atoms with Crippen LogP contribution in [-0.2, 0) is 4.79 Å². The standard InChI is InChI=1S/C24H32N2O/c1-16(2)18-10-12-20(13-11-18)22(17(3)4)26-23(19-8-6-5-7-9-19)24(27)25-21-14-15-21/h5-13,16-17,21-23,26H,14-15H2,1-4H3,(H,25,27)/t22-,23+/m1/s1. The van der Waals surface area contributed by atoms with Crippen LogP contribution in [0.5, 0.6) is 0 Å². The minimum atomic E-state index is -0.344. The van der Waals surface area contributed by atoms with E-state index in [0.717, 1.165) is 18.4 Å². The van der Waals surface area contributed by atoms with E-state index in [-0.39, 0.29) is 18.0 Å². The highest BCUT2D eigenvalue weighted by Gasteiger charge is 2.30. The lowest BCUT2D eigenvalue weighted by Crippen LogP contribution is -2.41. The molecule has 1 aliphatic carbocycles. The van der Waals surface area contributed by atoms with E-state index in [1.54, 1.807) is 0 Å². The van der Waals surface area contributed by atoms with Gasteiger partial charge in [-0.1, -0.05) is 82.3 Å². The molecule has 0 unspecified atom stereocenters. The number of hydrogen-bond donors (Lipinski definition) is 2. The first-order valence-corrected chi connectivity index (χ1v) is 10.2. The molecule has 1 aliphatic rings. The molecule has 0 spiro atoms. The number of hydrogen-bond acceptors (Lipinski definition) is 2. The van der Waals surface area contributed by atoms with Gasteiger partial charge in [-0.05, 0) is 41.4 Å². The number of nitrogens with one attached hydrogen (secondary N) is 2. The summed E-state index contributed by atoms with van der Waals surface area (Å²) in [6.07, 6.45) is 2.19. The molecule has 0 saturated heterocycles. The van der Waals surface area contributed by atoms with Crippen LogP contribution < -0.4 is 10.6 Å². The van der Waals surface area contributed by atoms with E-state index in [9.17, 15) is 4.79 Å². The molecule has 2 N–H and O–H groups in total. The van der Waals surface area contributed by atoms with E-state index in [1.807, 2.05) is 30.3 Å². The van der Waals surface area contributed by atoms with E-state index in [0.29, 0.717) is 17.9 Å². The van der Waals surface area contributed by atoms with Crippen LogP contribution in [0.1, 0.15) is 75.2 Å². The zero-order valence-corrected chi connectivity index (χ0v) is 16.9. The summed E-state index contributed by atoms with van der Waals surface area (Å²) in [7, 11) is 0. The molecule has 2 aromatic carbocycles. The number of carbonyl (C=O) groups excluding carboxylic acids is 1. The Balaban J connectivity index is 1.84. The molecule has 2 atom stereocenters. The van der Waals surface area contributed by atoms with Crippen molar-refractivity contribution in [1.82, 2.24) is 10.6 Å². The van der Waals surface area contributed by atoms with Gasteiger partial charge in [-0.25, -0.2) is 0 Å². The molecule has 0 aliphatic heterocycles. The molecule has 0 radical (unpaired) electrons. The third kappa shape index (κ3) is 5.20. The first-order valence-electron chi connectivity index (χ1n) is 10.2. The highest BCUT2D eigenvalue weighted by atomic mass is 16.2. The van der Waals surface area contributed by atoms with Crippen LogP contribution in [0.2, 0.25) is 0 Å². The van der Waals surface area contributed by atoms with Crippen LogP contribution in [0.15, 0.2) is 54.6 Å². The van der Waals surface area contributed by atoms with Gasteiger partial charge in [-0.15, -0.1) is 0 Å². The van der Waals surface area contributed by atoms with Crippen molar-refractivity contribution in [2.45, 2.75) is 64.6 Å². The van der Waals surface area contributed by atoms with Crippen molar-refractivity contribution in [3.63, 3.8) is 0 Å². The Kier molecular flexibility index (Phi) is 6.33. The van der Waals surface area contributed by atoms with Crippen molar-refractivity contribution in [3.8, 4) is 0 Å². The van der Waals surface area contributed by atoms with Gasteiger partial charge in [-0.2, -0.15) is 0 Å². The average molecular weight is 365 g/mol. The van der Waals surface area contributed by atoms with Crippen molar-refractivity contribution < 1.29 is 4.79 Å². The third-order valence-corrected chi connectivity index (χ3v) is 5.29. The van der Waals surface area contributed by atoms with Crippen molar-refractivity contribution in [3.05, 3.63) is 71.3 Å². The third-order valence-electron chi connectivity index (χ3n) is 5.29. The molecule has 1 amide bonds. The summed E-state index contributed by atoms with van der Waals surface area (Å²) in [4.78, 5) is 13.0. The lowest BCUT2D eigenvalue weighted by atomic mass is 9.92. The highest BCUT2D eigenvalue weighted by molar-refractivity contribution is 5.83. The largest absolute Gasteiger partial charge is 0.352 e. The summed E-state index contributed by atoms with van der Waals surface area (Å²) in [5.41, 5.74) is 3.59. The normalized spacial score (nSPS) is 16.4. The minimum Gasteiger partial charge on any atom is -0.352 e. The van der Waals surface area contributed by atoms with Crippen molar-refractivity contribution >= 4 is 5.91 Å². The maximum absolute atomic E-state index is 13.0. The second-order valence-electron chi connectivity index (χ2n) is 8.34. The minimum absolute atomic E-state index is 0.0770. The highest BCUT2D eigenvalue weighted by Crippen LogP contribution is 2.28. The zero-order valence-electron chi connectivity index (χ0n) is 16.9. The van der Waals surface area contributed by atoms with E-state index in [1.165, 1.54) is 11.1 Å². The van der Waals surface area contributed by atoms with Gasteiger partial charge < -0.3 is 5.32 Å². The molecule has 144 valence electrons. The maximum atomic E-state index is 13.0. The first kappa shape index (κ1) is 19.6. The van der Waals surface area contributed by atoms with Crippen LogP contribution in [0, 0.1) is 5.92 Å². The Bertz CT molecular complexity index is 733. The maximum Gasteiger partial charge on any atom is 0.241 e. The summed E-state index contributed by atoms with van der Waals surface area (Å²) in [6.45, 7) is 8.82. The second-order valence-corrected chi connectivity index (χ2v) is 8.34. The van der Waals surface area contributed by atoms with Crippen LogP contribution >= 0.6 is 0 Å². The topological polar surface area (TPSA) is 41.1 Å². The summed E-state index contributed by atoms with van der Waals surface area (Å²) in [5.74, 6) is 0.967. The Morgan fingerprint density at radius 2 is 1.44 bits per heavy atom. The number of rotatable bonds is 8. The summed E-state index contributed by atoms with van der Waals surface area (Å²) in [6, 6.07) is 19.0. The molecule has 3 nitrogen and oxygen atoms in total. The molecule has 0 aromatic heterocycles. The van der Waals surface area contributed by atoms with Gasteiger partial charge in [0, 0.05) is 12.1 Å². The van der Waals surface area contributed by atoms with Crippen molar-refractivity contribution in [1.29, 1.82) is 0 Å². The fourth-order valence-electron chi connectivity index (χ4n) is 3.42. The van der Waals surface area contributed by atoms with Crippen molar-refractivity contribution in [2.75, 3.05) is 0 Å². The molecule has 0 heterocycles. The van der Waals surface area contributed by atoms with E-state index in [2.05, 4.69) is 62.6 Å². The average Bonchev–Trinajstić information content (AvgIpc) is 3.47. The molecular formula is C24H32N2O. The van der Waals surface area contributed by atoms with E-state index in [4.69, 9.17) is 0 Å². The van der Waals surface area contributed by atoms with Crippen LogP contribution in [0.25, 0.3) is 0 Å². The van der Waals surface area contributed by atoms with Gasteiger partial charge in [-0.3, -0.25) is 10.1 Å². The molecular weight excluding hydrogens is 332 g/mol. The fraction of sp³-hybridized carbons (Fsp3) is 0.458. The monoisotopic (exact) mass is 364 g/mol. The smallest absolute Gasteiger partial charge is 0.241 e. The van der Waals surface area contributed by atoms with E-state index < -0.39 is 0 Å². The number of carbonyl (C=O) groups is 1. The van der Waals surface area contributed by atoms with E-state index >= 15 is 0 Å². The quantitative estimate of drug-likeness (QED) is 0.683.